The van der Waals surface area contributed by atoms with Crippen LogP contribution in [0.25, 0.3) is 0 Å². The summed E-state index contributed by atoms with van der Waals surface area (Å²) in [5, 5.41) is 2.72. The van der Waals surface area contributed by atoms with Crippen molar-refractivity contribution in [1.29, 1.82) is 0 Å². The van der Waals surface area contributed by atoms with E-state index in [1.165, 1.54) is 13.1 Å². The first-order valence-corrected chi connectivity index (χ1v) is 8.13. The Bertz CT molecular complexity index is 699. The van der Waals surface area contributed by atoms with Crippen LogP contribution in [0, 0.1) is 0 Å². The highest BCUT2D eigenvalue weighted by Gasteiger charge is 2.27. The van der Waals surface area contributed by atoms with E-state index < -0.39 is 20.0 Å². The maximum absolute atomic E-state index is 11.7. The Balaban J connectivity index is 2.75. The summed E-state index contributed by atoms with van der Waals surface area (Å²) in [7, 11) is -6.31. The van der Waals surface area contributed by atoms with Gasteiger partial charge in [-0.15, -0.1) is 0 Å². The highest BCUT2D eigenvalue weighted by molar-refractivity contribution is 7.90. The van der Waals surface area contributed by atoms with Crippen molar-refractivity contribution in [3.8, 4) is 0 Å². The highest BCUT2D eigenvalue weighted by atomic mass is 35.5. The largest absolute Gasteiger partial charge is 0.370 e. The standard InChI is InChI=1S/C8H10ClN3O4S2/c1-10-17(13,14)7-3-8-6(2-5(7)9)11-4-12-18(8,15)16/h2-3,10-12H,4H2,1H3. The van der Waals surface area contributed by atoms with E-state index in [0.29, 0.717) is 0 Å². The van der Waals surface area contributed by atoms with Gasteiger partial charge in [0.25, 0.3) is 0 Å². The van der Waals surface area contributed by atoms with Crippen molar-refractivity contribution in [3.05, 3.63) is 17.2 Å². The van der Waals surface area contributed by atoms with Crippen molar-refractivity contribution in [2.24, 2.45) is 0 Å². The molecule has 18 heavy (non-hydrogen) atoms. The third-order valence-electron chi connectivity index (χ3n) is 2.42. The molecular formula is C8H10ClN3O4S2. The van der Waals surface area contributed by atoms with Crippen LogP contribution in [0.1, 0.15) is 0 Å². The van der Waals surface area contributed by atoms with Gasteiger partial charge in [0, 0.05) is 0 Å². The topological polar surface area (TPSA) is 104 Å². The highest BCUT2D eigenvalue weighted by Crippen LogP contribution is 2.32. The molecular weight excluding hydrogens is 302 g/mol. The number of nitrogens with one attached hydrogen (secondary N) is 3. The Morgan fingerprint density at radius 2 is 2.06 bits per heavy atom. The molecule has 0 aromatic heterocycles. The van der Waals surface area contributed by atoms with E-state index >= 15 is 0 Å². The number of benzene rings is 1. The molecule has 1 aromatic carbocycles. The summed E-state index contributed by atoms with van der Waals surface area (Å²) in [6.07, 6.45) is 0. The zero-order valence-corrected chi connectivity index (χ0v) is 11.6. The lowest BCUT2D eigenvalue weighted by Gasteiger charge is -2.20. The molecule has 7 nitrogen and oxygen atoms in total. The van der Waals surface area contributed by atoms with Crippen LogP contribution in [0.15, 0.2) is 21.9 Å². The molecule has 0 spiro atoms. The van der Waals surface area contributed by atoms with Crippen molar-refractivity contribution in [2.45, 2.75) is 9.79 Å². The van der Waals surface area contributed by atoms with Crippen LogP contribution in [0.2, 0.25) is 5.02 Å². The SMILES string of the molecule is CNS(=O)(=O)c1cc2c(cc1Cl)NCNS2(=O)=O. The number of hydrogen-bond donors (Lipinski definition) is 3. The van der Waals surface area contributed by atoms with Crippen molar-refractivity contribution >= 4 is 37.3 Å². The minimum atomic E-state index is -3.81. The third kappa shape index (κ3) is 2.19. The Labute approximate surface area is 110 Å². The first kappa shape index (κ1) is 13.6. The molecule has 1 heterocycles. The molecule has 0 saturated carbocycles. The predicted molar refractivity (Wildman–Crippen MR) is 66.5 cm³/mol. The molecule has 1 aliphatic heterocycles. The van der Waals surface area contributed by atoms with E-state index in [4.69, 9.17) is 11.6 Å². The second-order valence-corrected chi connectivity index (χ2v) is 7.49. The smallest absolute Gasteiger partial charge is 0.244 e. The van der Waals surface area contributed by atoms with Gasteiger partial charge < -0.3 is 5.32 Å². The molecule has 0 fully saturated rings. The molecule has 100 valence electrons. The van der Waals surface area contributed by atoms with Gasteiger partial charge in [-0.2, -0.15) is 4.72 Å². The van der Waals surface area contributed by atoms with E-state index in [1.54, 1.807) is 0 Å². The van der Waals surface area contributed by atoms with Gasteiger partial charge in [-0.25, -0.2) is 21.6 Å². The number of anilines is 1. The lowest BCUT2D eigenvalue weighted by Crippen LogP contribution is -2.34. The first-order valence-electron chi connectivity index (χ1n) is 4.78. The molecule has 3 N–H and O–H groups in total. The lowest BCUT2D eigenvalue weighted by atomic mass is 10.3. The summed E-state index contributed by atoms with van der Waals surface area (Å²) in [5.74, 6) is 0. The molecule has 0 aliphatic carbocycles. The molecule has 0 bridgehead atoms. The quantitative estimate of drug-likeness (QED) is 0.708. The normalized spacial score (nSPS) is 17.9. The van der Waals surface area contributed by atoms with Crippen molar-refractivity contribution in [1.82, 2.24) is 9.44 Å². The first-order chi connectivity index (χ1) is 8.28. The van der Waals surface area contributed by atoms with E-state index in [2.05, 4.69) is 14.8 Å². The molecule has 0 saturated heterocycles. The zero-order valence-electron chi connectivity index (χ0n) is 9.19. The van der Waals surface area contributed by atoms with Crippen molar-refractivity contribution in [2.75, 3.05) is 19.0 Å². The Hall–Kier alpha value is -0.870. The predicted octanol–water partition coefficient (Wildman–Crippen LogP) is -0.0906. The molecule has 0 unspecified atom stereocenters. The van der Waals surface area contributed by atoms with Crippen LogP contribution in [-0.4, -0.2) is 30.6 Å². The van der Waals surface area contributed by atoms with Gasteiger partial charge in [-0.05, 0) is 19.2 Å². The fourth-order valence-electron chi connectivity index (χ4n) is 1.52. The van der Waals surface area contributed by atoms with Crippen LogP contribution in [0.5, 0.6) is 0 Å². The van der Waals surface area contributed by atoms with Gasteiger partial charge in [-0.3, -0.25) is 0 Å². The van der Waals surface area contributed by atoms with Crippen molar-refractivity contribution < 1.29 is 16.8 Å². The maximum Gasteiger partial charge on any atom is 0.244 e. The van der Waals surface area contributed by atoms with E-state index in [0.717, 1.165) is 6.07 Å². The number of hydrogen-bond acceptors (Lipinski definition) is 5. The van der Waals surface area contributed by atoms with Crippen LogP contribution in [0.3, 0.4) is 0 Å². The third-order valence-corrected chi connectivity index (χ3v) is 5.74. The Kier molecular flexibility index (Phi) is 3.28. The zero-order chi connectivity index (χ0) is 13.6. The van der Waals surface area contributed by atoms with Gasteiger partial charge in [-0.1, -0.05) is 11.6 Å². The summed E-state index contributed by atoms with van der Waals surface area (Å²) in [5.41, 5.74) is 0.272. The lowest BCUT2D eigenvalue weighted by molar-refractivity contribution is 0.580. The summed E-state index contributed by atoms with van der Waals surface area (Å²) in [4.78, 5) is -0.425. The second kappa shape index (κ2) is 4.35. The summed E-state index contributed by atoms with van der Waals surface area (Å²) in [6.45, 7) is 0.0315. The number of fused-ring (bicyclic) bond motifs is 1. The molecule has 1 aromatic rings. The molecule has 2 rings (SSSR count). The van der Waals surface area contributed by atoms with Gasteiger partial charge in [0.15, 0.2) is 0 Å². The van der Waals surface area contributed by atoms with Gasteiger partial charge in [0.1, 0.15) is 9.79 Å². The summed E-state index contributed by atoms with van der Waals surface area (Å²) >= 11 is 5.84. The van der Waals surface area contributed by atoms with Gasteiger partial charge in [0.2, 0.25) is 20.0 Å². The Morgan fingerprint density at radius 1 is 1.39 bits per heavy atom. The molecule has 0 amide bonds. The van der Waals surface area contributed by atoms with Crippen LogP contribution in [0.4, 0.5) is 5.69 Å². The fraction of sp³-hybridized carbons (Fsp3) is 0.250. The van der Waals surface area contributed by atoms with E-state index in [9.17, 15) is 16.8 Å². The Morgan fingerprint density at radius 3 is 2.67 bits per heavy atom. The monoisotopic (exact) mass is 311 g/mol. The average Bonchev–Trinajstić information content (AvgIpc) is 2.27. The van der Waals surface area contributed by atoms with E-state index in [1.807, 2.05) is 0 Å². The average molecular weight is 312 g/mol. The molecule has 10 heteroatoms. The summed E-state index contributed by atoms with van der Waals surface area (Å²) in [6, 6.07) is 2.30. The molecule has 1 aliphatic rings. The van der Waals surface area contributed by atoms with E-state index in [-0.39, 0.29) is 27.2 Å². The van der Waals surface area contributed by atoms with Gasteiger partial charge >= 0.3 is 0 Å². The van der Waals surface area contributed by atoms with Crippen LogP contribution in [-0.2, 0) is 20.0 Å². The molecule has 0 atom stereocenters. The maximum atomic E-state index is 11.7. The number of halogens is 1. The molecule has 0 radical (unpaired) electrons. The number of sulfonamides is 2. The second-order valence-electron chi connectivity index (χ2n) is 3.49. The fourth-order valence-corrected chi connectivity index (χ4v) is 3.98. The van der Waals surface area contributed by atoms with Gasteiger partial charge in [0.05, 0.1) is 17.4 Å². The van der Waals surface area contributed by atoms with Crippen LogP contribution < -0.4 is 14.8 Å². The minimum Gasteiger partial charge on any atom is -0.370 e. The summed E-state index contributed by atoms with van der Waals surface area (Å²) < 4.78 is 51.2. The van der Waals surface area contributed by atoms with Crippen LogP contribution >= 0.6 is 11.6 Å². The van der Waals surface area contributed by atoms with Crippen molar-refractivity contribution in [3.63, 3.8) is 0 Å². The number of rotatable bonds is 2. The minimum absolute atomic E-state index is 0.0315.